The molecule has 23 heavy (non-hydrogen) atoms. The van der Waals surface area contributed by atoms with Gasteiger partial charge in [0.15, 0.2) is 11.4 Å². The molecule has 2 aromatic rings. The number of carbonyl (C=O) groups is 2. The van der Waals surface area contributed by atoms with Gasteiger partial charge in [-0.05, 0) is 18.1 Å². The fourth-order valence-electron chi connectivity index (χ4n) is 2.83. The van der Waals surface area contributed by atoms with E-state index in [0.29, 0.717) is 6.54 Å². The molecule has 1 amide bonds. The normalized spacial score (nSPS) is 20.7. The standard InChI is InChI=1S/C16H17N3O4/c1-10-7-18(8-12(10)16(22)23)15(21)14-13(20)9-19(17-14)11-5-3-2-4-6-11/h2-6,9-10,12,20H,7-8H2,1H3,(H,22,23)/t10-,12-/m1/s1. The third-order valence-electron chi connectivity index (χ3n) is 4.13. The summed E-state index contributed by atoms with van der Waals surface area (Å²) >= 11 is 0. The van der Waals surface area contributed by atoms with Crippen LogP contribution in [0.25, 0.3) is 5.69 Å². The summed E-state index contributed by atoms with van der Waals surface area (Å²) in [7, 11) is 0. The van der Waals surface area contributed by atoms with E-state index in [1.54, 1.807) is 19.1 Å². The van der Waals surface area contributed by atoms with Crippen LogP contribution in [-0.4, -0.2) is 49.9 Å². The van der Waals surface area contributed by atoms with Crippen LogP contribution in [-0.2, 0) is 4.79 Å². The van der Waals surface area contributed by atoms with Crippen LogP contribution < -0.4 is 0 Å². The molecule has 7 heteroatoms. The molecule has 120 valence electrons. The second-order valence-corrected chi connectivity index (χ2v) is 5.78. The summed E-state index contributed by atoms with van der Waals surface area (Å²) in [6, 6.07) is 9.12. The van der Waals surface area contributed by atoms with Gasteiger partial charge in [0.1, 0.15) is 0 Å². The van der Waals surface area contributed by atoms with Gasteiger partial charge in [0.05, 0.1) is 17.8 Å². The quantitative estimate of drug-likeness (QED) is 0.892. The number of aliphatic carboxylic acids is 1. The molecular formula is C16H17N3O4. The van der Waals surface area contributed by atoms with E-state index < -0.39 is 17.8 Å². The Morgan fingerprint density at radius 3 is 2.52 bits per heavy atom. The van der Waals surface area contributed by atoms with E-state index in [1.165, 1.54) is 15.8 Å². The molecule has 1 aromatic heterocycles. The number of carboxylic acids is 1. The minimum Gasteiger partial charge on any atom is -0.504 e. The lowest BCUT2D eigenvalue weighted by Gasteiger charge is -2.14. The van der Waals surface area contributed by atoms with Gasteiger partial charge in [0.2, 0.25) is 0 Å². The number of para-hydroxylation sites is 1. The molecule has 1 aliphatic rings. The van der Waals surface area contributed by atoms with Crippen molar-refractivity contribution < 1.29 is 19.8 Å². The van der Waals surface area contributed by atoms with Gasteiger partial charge in [-0.1, -0.05) is 25.1 Å². The van der Waals surface area contributed by atoms with Crippen molar-refractivity contribution >= 4 is 11.9 Å². The number of carboxylic acid groups (broad SMARTS) is 1. The Labute approximate surface area is 132 Å². The molecule has 0 bridgehead atoms. The van der Waals surface area contributed by atoms with Crippen LogP contribution in [0.4, 0.5) is 0 Å². The molecule has 1 fully saturated rings. The van der Waals surface area contributed by atoms with E-state index in [0.717, 1.165) is 5.69 Å². The Kier molecular flexibility index (Phi) is 3.77. The van der Waals surface area contributed by atoms with Crippen LogP contribution in [0.5, 0.6) is 5.75 Å². The molecule has 1 aliphatic heterocycles. The Balaban J connectivity index is 1.84. The molecule has 7 nitrogen and oxygen atoms in total. The molecule has 0 radical (unpaired) electrons. The van der Waals surface area contributed by atoms with Gasteiger partial charge in [0, 0.05) is 13.1 Å². The maximum absolute atomic E-state index is 12.5. The van der Waals surface area contributed by atoms with Gasteiger partial charge in [-0.15, -0.1) is 0 Å². The van der Waals surface area contributed by atoms with E-state index in [9.17, 15) is 14.7 Å². The van der Waals surface area contributed by atoms with E-state index in [-0.39, 0.29) is 23.9 Å². The lowest BCUT2D eigenvalue weighted by atomic mass is 9.99. The van der Waals surface area contributed by atoms with Gasteiger partial charge in [-0.3, -0.25) is 9.59 Å². The van der Waals surface area contributed by atoms with Gasteiger partial charge in [0.25, 0.3) is 5.91 Å². The zero-order valence-electron chi connectivity index (χ0n) is 12.6. The Hall–Kier alpha value is -2.83. The van der Waals surface area contributed by atoms with E-state index >= 15 is 0 Å². The van der Waals surface area contributed by atoms with Crippen LogP contribution in [0.2, 0.25) is 0 Å². The summed E-state index contributed by atoms with van der Waals surface area (Å²) in [5.74, 6) is -2.29. The van der Waals surface area contributed by atoms with Gasteiger partial charge in [-0.2, -0.15) is 5.10 Å². The monoisotopic (exact) mass is 315 g/mol. The molecule has 2 heterocycles. The second kappa shape index (κ2) is 5.75. The van der Waals surface area contributed by atoms with E-state index in [1.807, 2.05) is 18.2 Å². The topological polar surface area (TPSA) is 95.7 Å². The van der Waals surface area contributed by atoms with Crippen LogP contribution in [0.3, 0.4) is 0 Å². The highest BCUT2D eigenvalue weighted by atomic mass is 16.4. The largest absolute Gasteiger partial charge is 0.504 e. The average molecular weight is 315 g/mol. The number of rotatable bonds is 3. The van der Waals surface area contributed by atoms with Crippen LogP contribution in [0.1, 0.15) is 17.4 Å². The number of amides is 1. The summed E-state index contributed by atoms with van der Waals surface area (Å²) in [4.78, 5) is 25.1. The van der Waals surface area contributed by atoms with Gasteiger partial charge >= 0.3 is 5.97 Å². The van der Waals surface area contributed by atoms with Crippen molar-refractivity contribution in [2.45, 2.75) is 6.92 Å². The summed E-state index contributed by atoms with van der Waals surface area (Å²) in [5.41, 5.74) is 0.659. The predicted octanol–water partition coefficient (Wildman–Crippen LogP) is 1.37. The highest BCUT2D eigenvalue weighted by Gasteiger charge is 2.38. The van der Waals surface area contributed by atoms with Crippen molar-refractivity contribution in [3.63, 3.8) is 0 Å². The third-order valence-corrected chi connectivity index (χ3v) is 4.13. The van der Waals surface area contributed by atoms with Crippen molar-refractivity contribution in [1.29, 1.82) is 0 Å². The fourth-order valence-corrected chi connectivity index (χ4v) is 2.83. The number of hydrogen-bond acceptors (Lipinski definition) is 4. The van der Waals surface area contributed by atoms with Crippen molar-refractivity contribution in [1.82, 2.24) is 14.7 Å². The molecule has 1 aromatic carbocycles. The minimum absolute atomic E-state index is 0.0629. The first-order chi connectivity index (χ1) is 11.0. The smallest absolute Gasteiger partial charge is 0.308 e. The molecule has 0 spiro atoms. The highest BCUT2D eigenvalue weighted by molar-refractivity contribution is 5.95. The number of aromatic hydroxyl groups is 1. The van der Waals surface area contributed by atoms with E-state index in [4.69, 9.17) is 5.11 Å². The molecule has 2 N–H and O–H groups in total. The Morgan fingerprint density at radius 2 is 1.91 bits per heavy atom. The highest BCUT2D eigenvalue weighted by Crippen LogP contribution is 2.27. The molecule has 0 unspecified atom stereocenters. The third kappa shape index (κ3) is 2.77. The van der Waals surface area contributed by atoms with Crippen LogP contribution >= 0.6 is 0 Å². The Morgan fingerprint density at radius 1 is 1.22 bits per heavy atom. The predicted molar refractivity (Wildman–Crippen MR) is 81.4 cm³/mol. The first-order valence-corrected chi connectivity index (χ1v) is 7.33. The van der Waals surface area contributed by atoms with Gasteiger partial charge < -0.3 is 15.1 Å². The van der Waals surface area contributed by atoms with Crippen molar-refractivity contribution in [3.8, 4) is 11.4 Å². The Bertz CT molecular complexity index is 741. The lowest BCUT2D eigenvalue weighted by Crippen LogP contribution is -2.30. The second-order valence-electron chi connectivity index (χ2n) is 5.78. The number of nitrogens with zero attached hydrogens (tertiary/aromatic N) is 3. The average Bonchev–Trinajstić information content (AvgIpc) is 3.11. The minimum atomic E-state index is -0.910. The number of benzene rings is 1. The molecule has 2 atom stereocenters. The summed E-state index contributed by atoms with van der Waals surface area (Å²) < 4.78 is 1.43. The van der Waals surface area contributed by atoms with Crippen LogP contribution in [0.15, 0.2) is 36.5 Å². The van der Waals surface area contributed by atoms with Crippen molar-refractivity contribution in [2.75, 3.05) is 13.1 Å². The lowest BCUT2D eigenvalue weighted by molar-refractivity contribution is -0.142. The number of carbonyl (C=O) groups excluding carboxylic acids is 1. The number of likely N-dealkylation sites (tertiary alicyclic amines) is 1. The van der Waals surface area contributed by atoms with Gasteiger partial charge in [-0.25, -0.2) is 4.68 Å². The van der Waals surface area contributed by atoms with Crippen molar-refractivity contribution in [3.05, 3.63) is 42.2 Å². The SMILES string of the molecule is C[C@@H]1CN(C(=O)c2nn(-c3ccccc3)cc2O)C[C@H]1C(=O)O. The van der Waals surface area contributed by atoms with E-state index in [2.05, 4.69) is 5.10 Å². The fraction of sp³-hybridized carbons (Fsp3) is 0.312. The molecule has 1 saturated heterocycles. The number of aromatic nitrogens is 2. The first kappa shape index (κ1) is 15.1. The maximum atomic E-state index is 12.5. The molecule has 0 saturated carbocycles. The van der Waals surface area contributed by atoms with Crippen LogP contribution in [0, 0.1) is 11.8 Å². The molecular weight excluding hydrogens is 298 g/mol. The van der Waals surface area contributed by atoms with Crippen molar-refractivity contribution in [2.24, 2.45) is 11.8 Å². The number of hydrogen-bond donors (Lipinski definition) is 2. The molecule has 0 aliphatic carbocycles. The zero-order chi connectivity index (χ0) is 16.6. The summed E-state index contributed by atoms with van der Waals surface area (Å²) in [6.45, 7) is 2.27. The zero-order valence-corrected chi connectivity index (χ0v) is 12.6. The maximum Gasteiger partial charge on any atom is 0.308 e. The first-order valence-electron chi connectivity index (χ1n) is 7.33. The summed E-state index contributed by atoms with van der Waals surface area (Å²) in [6.07, 6.45) is 1.37. The summed E-state index contributed by atoms with van der Waals surface area (Å²) in [5, 5.41) is 23.3. The molecule has 3 rings (SSSR count).